The van der Waals surface area contributed by atoms with E-state index in [2.05, 4.69) is 118 Å². The average Bonchev–Trinajstić information content (AvgIpc) is 3.10. The molecule has 0 atom stereocenters. The minimum Gasteiger partial charge on any atom is -0.192 e. The van der Waals surface area contributed by atoms with Crippen molar-refractivity contribution < 1.29 is 0 Å². The zero-order valence-electron chi connectivity index (χ0n) is 19.7. The number of benzene rings is 5. The first-order valence-electron chi connectivity index (χ1n) is 11.8. The predicted octanol–water partition coefficient (Wildman–Crippen LogP) is 8.66. The second-order valence-electron chi connectivity index (χ2n) is 9.81. The Labute approximate surface area is 200 Å². The molecule has 1 aliphatic carbocycles. The molecule has 1 heteroatoms. The number of rotatable bonds is 2. The first kappa shape index (κ1) is 20.5. The Bertz CT molecular complexity index is 1630. The van der Waals surface area contributed by atoms with E-state index in [1.54, 1.807) is 0 Å². The normalized spacial score (nSPS) is 13.4. The highest BCUT2D eigenvalue weighted by atomic mass is 14.4. The fourth-order valence-corrected chi connectivity index (χ4v) is 5.58. The molecule has 0 aromatic heterocycles. The highest BCUT2D eigenvalue weighted by Crippen LogP contribution is 2.50. The summed E-state index contributed by atoms with van der Waals surface area (Å²) in [5.41, 5.74) is 12.0. The summed E-state index contributed by atoms with van der Waals surface area (Å²) in [6, 6.07) is 37.1. The molecule has 0 radical (unpaired) electrons. The van der Waals surface area contributed by atoms with Crippen LogP contribution in [0.25, 0.3) is 44.2 Å². The van der Waals surface area contributed by atoms with Gasteiger partial charge in [0.15, 0.2) is 0 Å². The van der Waals surface area contributed by atoms with E-state index < -0.39 is 0 Å². The topological polar surface area (TPSA) is 23.8 Å². The van der Waals surface area contributed by atoms with Crippen molar-refractivity contribution in [2.75, 3.05) is 0 Å². The minimum absolute atomic E-state index is 0.131. The van der Waals surface area contributed by atoms with E-state index in [1.807, 2.05) is 6.07 Å². The zero-order chi connectivity index (χ0) is 23.4. The van der Waals surface area contributed by atoms with Crippen LogP contribution in [0.2, 0.25) is 0 Å². The Hall–Kier alpha value is -4.15. The van der Waals surface area contributed by atoms with Crippen LogP contribution in [0.3, 0.4) is 0 Å². The van der Waals surface area contributed by atoms with E-state index >= 15 is 0 Å². The van der Waals surface area contributed by atoms with E-state index in [1.165, 1.54) is 60.8 Å². The number of aryl methyl sites for hydroxylation is 1. The minimum atomic E-state index is -0.131. The molecule has 5 aromatic carbocycles. The number of hydrogen-bond acceptors (Lipinski definition) is 1. The summed E-state index contributed by atoms with van der Waals surface area (Å²) in [7, 11) is 0. The van der Waals surface area contributed by atoms with Crippen LogP contribution in [0.15, 0.2) is 97.1 Å². The van der Waals surface area contributed by atoms with Gasteiger partial charge in [0, 0.05) is 5.41 Å². The van der Waals surface area contributed by atoms with Crippen molar-refractivity contribution in [1.29, 1.82) is 5.26 Å². The predicted molar refractivity (Wildman–Crippen MR) is 142 cm³/mol. The van der Waals surface area contributed by atoms with Crippen molar-refractivity contribution in [3.63, 3.8) is 0 Å². The average molecular weight is 436 g/mol. The molecule has 0 aliphatic heterocycles. The van der Waals surface area contributed by atoms with Gasteiger partial charge in [-0.3, -0.25) is 0 Å². The second kappa shape index (κ2) is 7.44. The van der Waals surface area contributed by atoms with Crippen molar-refractivity contribution in [3.8, 4) is 39.4 Å². The van der Waals surface area contributed by atoms with Crippen LogP contribution in [0.5, 0.6) is 0 Å². The fourth-order valence-electron chi connectivity index (χ4n) is 5.58. The Balaban J connectivity index is 1.42. The van der Waals surface area contributed by atoms with Gasteiger partial charge in [-0.15, -0.1) is 0 Å². The number of fused-ring (bicyclic) bond motifs is 4. The first-order valence-corrected chi connectivity index (χ1v) is 11.8. The van der Waals surface area contributed by atoms with Crippen molar-refractivity contribution in [3.05, 3.63) is 119 Å². The maximum atomic E-state index is 9.38. The molecule has 0 unspecified atom stereocenters. The van der Waals surface area contributed by atoms with Gasteiger partial charge in [-0.05, 0) is 86.0 Å². The van der Waals surface area contributed by atoms with Gasteiger partial charge in [-0.2, -0.15) is 5.26 Å². The number of nitrogens with zero attached hydrogens (tertiary/aromatic N) is 1. The first-order chi connectivity index (χ1) is 16.5. The van der Waals surface area contributed by atoms with E-state index in [0.717, 1.165) is 5.56 Å². The third-order valence-corrected chi connectivity index (χ3v) is 7.45. The molecule has 0 amide bonds. The molecule has 34 heavy (non-hydrogen) atoms. The van der Waals surface area contributed by atoms with Gasteiger partial charge >= 0.3 is 0 Å². The lowest BCUT2D eigenvalue weighted by Gasteiger charge is -2.22. The van der Waals surface area contributed by atoms with Gasteiger partial charge in [0.2, 0.25) is 0 Å². The molecular formula is C33H25N. The van der Waals surface area contributed by atoms with Crippen LogP contribution in [0, 0.1) is 18.3 Å². The van der Waals surface area contributed by atoms with Gasteiger partial charge in [0.25, 0.3) is 0 Å². The largest absolute Gasteiger partial charge is 0.192 e. The molecule has 0 heterocycles. The molecule has 0 N–H and O–H groups in total. The zero-order valence-corrected chi connectivity index (χ0v) is 19.7. The van der Waals surface area contributed by atoms with Crippen molar-refractivity contribution >= 4 is 10.8 Å². The molecule has 6 rings (SSSR count). The quantitative estimate of drug-likeness (QED) is 0.272. The van der Waals surface area contributed by atoms with Gasteiger partial charge in [-0.1, -0.05) is 92.7 Å². The summed E-state index contributed by atoms with van der Waals surface area (Å²) in [6.45, 7) is 6.71. The summed E-state index contributed by atoms with van der Waals surface area (Å²) in [5.74, 6) is 0. The van der Waals surface area contributed by atoms with Crippen LogP contribution in [-0.2, 0) is 5.41 Å². The lowest BCUT2D eigenvalue weighted by atomic mass is 9.81. The third kappa shape index (κ3) is 3.00. The molecule has 5 aromatic rings. The number of nitriles is 1. The molecule has 0 bridgehead atoms. The molecule has 0 saturated heterocycles. The molecule has 0 fully saturated rings. The maximum absolute atomic E-state index is 9.38. The summed E-state index contributed by atoms with van der Waals surface area (Å²) in [5, 5.41) is 11.9. The monoisotopic (exact) mass is 435 g/mol. The smallest absolute Gasteiger partial charge is 0.0991 e. The fraction of sp³-hybridized carbons (Fsp3) is 0.121. The molecular weight excluding hydrogens is 410 g/mol. The molecule has 1 nitrogen and oxygen atoms in total. The van der Waals surface area contributed by atoms with Gasteiger partial charge < -0.3 is 0 Å². The molecule has 162 valence electrons. The molecule has 0 spiro atoms. The van der Waals surface area contributed by atoms with Crippen LogP contribution >= 0.6 is 0 Å². The van der Waals surface area contributed by atoms with Gasteiger partial charge in [0.1, 0.15) is 0 Å². The lowest BCUT2D eigenvalue weighted by Crippen LogP contribution is -2.15. The maximum Gasteiger partial charge on any atom is 0.0991 e. The van der Waals surface area contributed by atoms with E-state index in [9.17, 15) is 5.26 Å². The van der Waals surface area contributed by atoms with E-state index in [4.69, 9.17) is 0 Å². The second-order valence-corrected chi connectivity index (χ2v) is 9.81. The van der Waals surface area contributed by atoms with E-state index in [0.29, 0.717) is 0 Å². The standard InChI is InChI=1S/C33H25N/c1-21-8-10-24-6-4-5-7-27(24)32(21)25-13-11-23(12-14-25)26-15-17-29-28-16-9-22(20-34)18-30(28)33(2,3)31(29)19-26/h4-19H,1-3H3. The molecule has 1 aliphatic rings. The van der Waals surface area contributed by atoms with Crippen LogP contribution < -0.4 is 0 Å². The van der Waals surface area contributed by atoms with Crippen molar-refractivity contribution in [1.82, 2.24) is 0 Å². The van der Waals surface area contributed by atoms with Gasteiger partial charge in [-0.25, -0.2) is 0 Å². The van der Waals surface area contributed by atoms with Crippen molar-refractivity contribution in [2.45, 2.75) is 26.2 Å². The highest BCUT2D eigenvalue weighted by molar-refractivity contribution is 5.98. The van der Waals surface area contributed by atoms with Crippen LogP contribution in [0.4, 0.5) is 0 Å². The van der Waals surface area contributed by atoms with Crippen molar-refractivity contribution in [2.24, 2.45) is 0 Å². The number of hydrogen-bond donors (Lipinski definition) is 0. The SMILES string of the molecule is Cc1ccc2ccccc2c1-c1ccc(-c2ccc3c(c2)C(C)(C)c2cc(C#N)ccc2-3)cc1. The third-order valence-electron chi connectivity index (χ3n) is 7.45. The summed E-state index contributed by atoms with van der Waals surface area (Å²) < 4.78 is 0. The summed E-state index contributed by atoms with van der Waals surface area (Å²) >= 11 is 0. The Morgan fingerprint density at radius 1 is 0.647 bits per heavy atom. The van der Waals surface area contributed by atoms with E-state index in [-0.39, 0.29) is 5.41 Å². The lowest BCUT2D eigenvalue weighted by molar-refractivity contribution is 0.660. The Morgan fingerprint density at radius 2 is 1.29 bits per heavy atom. The van der Waals surface area contributed by atoms with Crippen LogP contribution in [0.1, 0.15) is 36.1 Å². The Kier molecular flexibility index (Phi) is 4.48. The summed E-state index contributed by atoms with van der Waals surface area (Å²) in [6.07, 6.45) is 0. The van der Waals surface area contributed by atoms with Crippen LogP contribution in [-0.4, -0.2) is 0 Å². The van der Waals surface area contributed by atoms with Gasteiger partial charge in [0.05, 0.1) is 11.6 Å². The summed E-state index contributed by atoms with van der Waals surface area (Å²) in [4.78, 5) is 0. The Morgan fingerprint density at radius 3 is 2.06 bits per heavy atom. The highest BCUT2D eigenvalue weighted by Gasteiger charge is 2.35. The molecule has 0 saturated carbocycles.